The fourth-order valence-corrected chi connectivity index (χ4v) is 3.19. The number of nitrogens with zero attached hydrogens (tertiary/aromatic N) is 5. The maximum Gasteiger partial charge on any atom is 0.231 e. The van der Waals surface area contributed by atoms with E-state index in [9.17, 15) is 4.39 Å². The highest BCUT2D eigenvalue weighted by Gasteiger charge is 2.29. The first kappa shape index (κ1) is 16.4. The van der Waals surface area contributed by atoms with Gasteiger partial charge in [0.25, 0.3) is 0 Å². The predicted octanol–water partition coefficient (Wildman–Crippen LogP) is 1.93. The lowest BCUT2D eigenvalue weighted by Gasteiger charge is -2.43. The monoisotopic (exact) mass is 364 g/mol. The van der Waals surface area contributed by atoms with Crippen molar-refractivity contribution in [1.29, 1.82) is 0 Å². The molecule has 0 unspecified atom stereocenters. The van der Waals surface area contributed by atoms with E-state index in [1.165, 1.54) is 12.4 Å². The number of aromatic nitrogens is 3. The molecule has 2 fully saturated rings. The quantitative estimate of drug-likeness (QED) is 0.889. The van der Waals surface area contributed by atoms with Crippen LogP contribution < -0.4 is 10.2 Å². The highest BCUT2D eigenvalue weighted by atomic mass is 35.5. The number of nitrogens with one attached hydrogen (secondary N) is 1. The van der Waals surface area contributed by atoms with Crippen LogP contribution in [-0.2, 0) is 4.74 Å². The lowest BCUT2D eigenvalue weighted by Crippen LogP contribution is -2.56. The molecule has 0 atom stereocenters. The Balaban J connectivity index is 1.41. The van der Waals surface area contributed by atoms with Crippen LogP contribution in [0.1, 0.15) is 0 Å². The minimum atomic E-state index is -0.273. The summed E-state index contributed by atoms with van der Waals surface area (Å²) in [5, 5.41) is 3.01. The molecule has 9 heteroatoms. The molecule has 0 aliphatic carbocycles. The molecule has 4 rings (SSSR count). The summed E-state index contributed by atoms with van der Waals surface area (Å²) in [5.41, 5.74) is 1.18. The van der Waals surface area contributed by atoms with Gasteiger partial charge >= 0.3 is 0 Å². The zero-order valence-electron chi connectivity index (χ0n) is 13.5. The second kappa shape index (κ2) is 7.07. The first-order valence-corrected chi connectivity index (χ1v) is 8.55. The van der Waals surface area contributed by atoms with E-state index in [4.69, 9.17) is 16.3 Å². The molecule has 0 saturated carbocycles. The van der Waals surface area contributed by atoms with Gasteiger partial charge in [-0.25, -0.2) is 14.4 Å². The zero-order valence-corrected chi connectivity index (χ0v) is 14.3. The van der Waals surface area contributed by atoms with Gasteiger partial charge in [-0.3, -0.25) is 4.90 Å². The van der Waals surface area contributed by atoms with Crippen molar-refractivity contribution < 1.29 is 9.13 Å². The Hall–Kier alpha value is -2.03. The van der Waals surface area contributed by atoms with Crippen molar-refractivity contribution in [3.63, 3.8) is 0 Å². The van der Waals surface area contributed by atoms with Crippen molar-refractivity contribution in [2.24, 2.45) is 0 Å². The van der Waals surface area contributed by atoms with Crippen LogP contribution in [0.4, 0.5) is 21.7 Å². The predicted molar refractivity (Wildman–Crippen MR) is 92.9 cm³/mol. The van der Waals surface area contributed by atoms with E-state index < -0.39 is 0 Å². The van der Waals surface area contributed by atoms with Gasteiger partial charge in [-0.15, -0.1) is 0 Å². The van der Waals surface area contributed by atoms with Gasteiger partial charge in [-0.05, 0) is 29.8 Å². The molecule has 0 radical (unpaired) electrons. The molecule has 2 aliphatic rings. The van der Waals surface area contributed by atoms with Crippen LogP contribution in [0, 0.1) is 5.82 Å². The standard InChI is InChI=1S/C16H18ClFN6O/c17-15-19-10-20-16(22-15)21-11-1-2-14(13(18)7-11)24-5-3-23(4-6-24)12-8-25-9-12/h1-2,7,10,12H,3-6,8-9H2,(H,19,20,21,22). The molecule has 7 nitrogen and oxygen atoms in total. The Bertz CT molecular complexity index is 751. The van der Waals surface area contributed by atoms with Crippen molar-refractivity contribution in [3.05, 3.63) is 35.6 Å². The Morgan fingerprint density at radius 3 is 2.60 bits per heavy atom. The molecular weight excluding hydrogens is 347 g/mol. The molecule has 1 N–H and O–H groups in total. The molecule has 0 spiro atoms. The molecule has 0 amide bonds. The van der Waals surface area contributed by atoms with Crippen LogP contribution in [0.2, 0.25) is 5.28 Å². The lowest BCUT2D eigenvalue weighted by atomic mass is 10.1. The van der Waals surface area contributed by atoms with Crippen molar-refractivity contribution in [3.8, 4) is 0 Å². The second-order valence-electron chi connectivity index (χ2n) is 6.08. The average molecular weight is 365 g/mol. The second-order valence-corrected chi connectivity index (χ2v) is 6.42. The minimum absolute atomic E-state index is 0.0873. The lowest BCUT2D eigenvalue weighted by molar-refractivity contribution is -0.0660. The topological polar surface area (TPSA) is 66.4 Å². The van der Waals surface area contributed by atoms with Crippen LogP contribution >= 0.6 is 11.6 Å². The Morgan fingerprint density at radius 2 is 1.96 bits per heavy atom. The molecule has 2 aliphatic heterocycles. The summed E-state index contributed by atoms with van der Waals surface area (Å²) in [6.45, 7) is 5.10. The minimum Gasteiger partial charge on any atom is -0.378 e. The van der Waals surface area contributed by atoms with E-state index in [-0.39, 0.29) is 17.0 Å². The summed E-state index contributed by atoms with van der Waals surface area (Å²) >= 11 is 5.72. The van der Waals surface area contributed by atoms with Gasteiger partial charge in [0.05, 0.1) is 24.9 Å². The highest BCUT2D eigenvalue weighted by molar-refractivity contribution is 6.28. The third kappa shape index (κ3) is 3.65. The smallest absolute Gasteiger partial charge is 0.231 e. The van der Waals surface area contributed by atoms with Gasteiger partial charge in [0.2, 0.25) is 11.2 Å². The van der Waals surface area contributed by atoms with Crippen LogP contribution in [0.25, 0.3) is 0 Å². The van der Waals surface area contributed by atoms with Gasteiger partial charge in [-0.2, -0.15) is 4.98 Å². The van der Waals surface area contributed by atoms with Crippen LogP contribution in [0.3, 0.4) is 0 Å². The molecule has 1 aromatic carbocycles. The van der Waals surface area contributed by atoms with Crippen molar-refractivity contribution in [1.82, 2.24) is 19.9 Å². The number of piperazine rings is 1. The Labute approximate surface area is 149 Å². The van der Waals surface area contributed by atoms with Crippen molar-refractivity contribution in [2.45, 2.75) is 6.04 Å². The molecule has 0 bridgehead atoms. The van der Waals surface area contributed by atoms with E-state index in [0.29, 0.717) is 17.4 Å². The van der Waals surface area contributed by atoms with Crippen LogP contribution in [0.15, 0.2) is 24.5 Å². The first-order chi connectivity index (χ1) is 12.2. The summed E-state index contributed by atoms with van der Waals surface area (Å²) in [4.78, 5) is 16.1. The first-order valence-electron chi connectivity index (χ1n) is 8.17. The maximum atomic E-state index is 14.6. The largest absolute Gasteiger partial charge is 0.378 e. The van der Waals surface area contributed by atoms with E-state index in [1.807, 2.05) is 6.07 Å². The molecule has 2 aromatic rings. The number of ether oxygens (including phenoxy) is 1. The number of hydrogen-bond donors (Lipinski definition) is 1. The number of anilines is 3. The van der Waals surface area contributed by atoms with Gasteiger partial charge in [-0.1, -0.05) is 0 Å². The summed E-state index contributed by atoms with van der Waals surface area (Å²) in [7, 11) is 0. The van der Waals surface area contributed by atoms with Gasteiger partial charge in [0, 0.05) is 31.9 Å². The molecule has 2 saturated heterocycles. The number of hydrogen-bond acceptors (Lipinski definition) is 7. The highest BCUT2D eigenvalue weighted by Crippen LogP contribution is 2.26. The number of rotatable bonds is 4. The Morgan fingerprint density at radius 1 is 1.16 bits per heavy atom. The van der Waals surface area contributed by atoms with Crippen LogP contribution in [-0.4, -0.2) is 65.3 Å². The summed E-state index contributed by atoms with van der Waals surface area (Å²) in [6.07, 6.45) is 1.30. The van der Waals surface area contributed by atoms with Crippen LogP contribution in [0.5, 0.6) is 0 Å². The van der Waals surface area contributed by atoms with E-state index in [0.717, 1.165) is 39.4 Å². The molecule has 3 heterocycles. The molecule has 132 valence electrons. The average Bonchev–Trinajstić information content (AvgIpc) is 2.54. The fourth-order valence-electron chi connectivity index (χ4n) is 3.07. The van der Waals surface area contributed by atoms with Gasteiger partial charge in [0.15, 0.2) is 0 Å². The van der Waals surface area contributed by atoms with Gasteiger partial charge < -0.3 is 15.0 Å². The van der Waals surface area contributed by atoms with E-state index in [1.54, 1.807) is 6.07 Å². The van der Waals surface area contributed by atoms with E-state index >= 15 is 0 Å². The number of halogens is 2. The van der Waals surface area contributed by atoms with Gasteiger partial charge in [0.1, 0.15) is 12.1 Å². The SMILES string of the molecule is Fc1cc(Nc2ncnc(Cl)n2)ccc1N1CCN(C2COC2)CC1. The summed E-state index contributed by atoms with van der Waals surface area (Å²) in [6, 6.07) is 5.56. The van der Waals surface area contributed by atoms with E-state index in [2.05, 4.69) is 30.1 Å². The number of benzene rings is 1. The molecule has 1 aromatic heterocycles. The third-order valence-corrected chi connectivity index (χ3v) is 4.72. The maximum absolute atomic E-state index is 14.6. The normalized spacial score (nSPS) is 18.9. The van der Waals surface area contributed by atoms with Crippen molar-refractivity contribution in [2.75, 3.05) is 49.6 Å². The van der Waals surface area contributed by atoms with Crippen molar-refractivity contribution >= 4 is 28.9 Å². The summed E-state index contributed by atoms with van der Waals surface area (Å²) < 4.78 is 19.8. The third-order valence-electron chi connectivity index (χ3n) is 4.54. The zero-order chi connectivity index (χ0) is 17.2. The molecular formula is C16H18ClFN6O. The Kier molecular flexibility index (Phi) is 4.65. The summed E-state index contributed by atoms with van der Waals surface area (Å²) in [5.74, 6) is 0.00839. The molecule has 25 heavy (non-hydrogen) atoms. The fraction of sp³-hybridized carbons (Fsp3) is 0.438.